The topological polar surface area (TPSA) is 168 Å². The van der Waals surface area contributed by atoms with Gasteiger partial charge in [-0.15, -0.1) is 0 Å². The van der Waals surface area contributed by atoms with Gasteiger partial charge in [-0.25, -0.2) is 0 Å². The zero-order valence-electron chi connectivity index (χ0n) is 19.4. The van der Waals surface area contributed by atoms with Gasteiger partial charge in [-0.2, -0.15) is 0 Å². The minimum absolute atomic E-state index is 0.287. The minimum atomic E-state index is -1.89. The molecule has 1 fully saturated rings. The maximum absolute atomic E-state index is 13.4. The van der Waals surface area contributed by atoms with Crippen LogP contribution in [0.25, 0.3) is 0 Å². The van der Waals surface area contributed by atoms with E-state index in [0.717, 1.165) is 6.07 Å². The maximum Gasteiger partial charge on any atom is 0.201 e. The van der Waals surface area contributed by atoms with E-state index in [1.165, 1.54) is 0 Å². The van der Waals surface area contributed by atoms with Gasteiger partial charge in [0.25, 0.3) is 0 Å². The Hall–Kier alpha value is -2.53. The van der Waals surface area contributed by atoms with Gasteiger partial charge in [0.15, 0.2) is 0 Å². The number of ketones is 1. The van der Waals surface area contributed by atoms with Crippen LogP contribution in [-0.4, -0.2) is 78.7 Å². The molecule has 7 N–H and O–H groups in total. The number of benzene rings is 2. The molecule has 9 nitrogen and oxygen atoms in total. The second-order valence-corrected chi connectivity index (χ2v) is 7.19. The number of carbonyl (C=O) groups excluding carboxylic acids is 1. The Morgan fingerprint density at radius 2 is 1.63 bits per heavy atom. The van der Waals surface area contributed by atoms with Crippen molar-refractivity contribution in [1.29, 1.82) is 0 Å². The quantitative estimate of drug-likeness (QED) is 0.332. The molecule has 1 saturated heterocycles. The molecule has 160 valence electrons. The maximum atomic E-state index is 13.4. The average molecular weight is 422 g/mol. The molecule has 0 aromatic heterocycles. The van der Waals surface area contributed by atoms with Gasteiger partial charge in [-0.1, -0.05) is 18.2 Å². The van der Waals surface area contributed by atoms with E-state index in [0.29, 0.717) is 0 Å². The Balaban J connectivity index is 2.11. The molecule has 2 aromatic carbocycles. The van der Waals surface area contributed by atoms with E-state index in [2.05, 4.69) is 0 Å². The molecular formula is C21H22O9. The van der Waals surface area contributed by atoms with Gasteiger partial charge in [0.1, 0.15) is 35.9 Å². The van der Waals surface area contributed by atoms with E-state index in [-0.39, 0.29) is 16.7 Å². The molecule has 0 spiro atoms. The highest BCUT2D eigenvalue weighted by Crippen LogP contribution is 2.47. The van der Waals surface area contributed by atoms with Crippen LogP contribution in [0.1, 0.15) is 44.0 Å². The summed E-state index contributed by atoms with van der Waals surface area (Å²) < 4.78 is 38.5. The Morgan fingerprint density at radius 1 is 0.933 bits per heavy atom. The van der Waals surface area contributed by atoms with Gasteiger partial charge in [0, 0.05) is 5.92 Å². The third-order valence-electron chi connectivity index (χ3n) is 5.50. The number of hydrogen-bond donors (Lipinski definition) is 7. The molecule has 0 amide bonds. The summed E-state index contributed by atoms with van der Waals surface area (Å²) in [6.07, 6.45) is -8.47. The molecule has 1 unspecified atom stereocenters. The summed E-state index contributed by atoms with van der Waals surface area (Å²) >= 11 is 0. The Morgan fingerprint density at radius 3 is 2.30 bits per heavy atom. The first-order valence-electron chi connectivity index (χ1n) is 11.1. The van der Waals surface area contributed by atoms with Gasteiger partial charge in [-0.3, -0.25) is 4.79 Å². The van der Waals surface area contributed by atoms with Crippen LogP contribution in [0.2, 0.25) is 0 Å². The van der Waals surface area contributed by atoms with Crippen LogP contribution >= 0.6 is 0 Å². The number of aliphatic hydroxyl groups excluding tert-OH is 5. The highest BCUT2D eigenvalue weighted by Gasteiger charge is 2.50. The summed E-state index contributed by atoms with van der Waals surface area (Å²) in [7, 11) is 0. The summed E-state index contributed by atoms with van der Waals surface area (Å²) in [4.78, 5) is 13.4. The second kappa shape index (κ2) is 7.62. The molecule has 30 heavy (non-hydrogen) atoms. The zero-order chi connectivity index (χ0) is 25.2. The Labute approximate surface area is 176 Å². The predicted molar refractivity (Wildman–Crippen MR) is 101 cm³/mol. The lowest BCUT2D eigenvalue weighted by Gasteiger charge is -2.45. The van der Waals surface area contributed by atoms with Crippen molar-refractivity contribution in [3.8, 4) is 11.5 Å². The van der Waals surface area contributed by atoms with Crippen LogP contribution in [0.3, 0.4) is 0 Å². The van der Waals surface area contributed by atoms with Crippen LogP contribution in [0.5, 0.6) is 11.5 Å². The van der Waals surface area contributed by atoms with Crippen LogP contribution in [0.15, 0.2) is 30.2 Å². The standard InChI is InChI=1S/C21H22O9/c22-6-8-4-10-14(21-20(29)19(28)17(26)13(7-23)30-21)9-2-1-3-11(24)15(9)18(27)16(10)12(25)5-8/h1-5,13-14,17,19-26,28-29H,6-7H2/t13-,14?,17-,19+,20-,21+/m1/s1/i2D,3D,4D,5D. The van der Waals surface area contributed by atoms with E-state index < -0.39 is 102 Å². The molecule has 9 heteroatoms. The molecule has 2 aromatic rings. The van der Waals surface area contributed by atoms with E-state index in [4.69, 9.17) is 10.2 Å². The number of carbonyl (C=O) groups is 1. The first-order chi connectivity index (χ1) is 16.0. The third kappa shape index (κ3) is 2.99. The van der Waals surface area contributed by atoms with Gasteiger partial charge in [0.2, 0.25) is 5.78 Å². The van der Waals surface area contributed by atoms with Gasteiger partial charge in [0.05, 0.1) is 35.9 Å². The molecule has 1 heterocycles. The highest BCUT2D eigenvalue weighted by atomic mass is 16.5. The average Bonchev–Trinajstić information content (AvgIpc) is 2.80. The van der Waals surface area contributed by atoms with Crippen LogP contribution < -0.4 is 0 Å². The fourth-order valence-electron chi connectivity index (χ4n) is 4.06. The Kier molecular flexibility index (Phi) is 4.11. The first kappa shape index (κ1) is 16.2. The van der Waals surface area contributed by atoms with E-state index in [9.17, 15) is 40.5 Å². The fraction of sp³-hybridized carbons (Fsp3) is 0.381. The molecular weight excluding hydrogens is 396 g/mol. The van der Waals surface area contributed by atoms with E-state index in [1.807, 2.05) is 0 Å². The van der Waals surface area contributed by atoms with Crippen molar-refractivity contribution in [2.75, 3.05) is 6.61 Å². The molecule has 1 aliphatic heterocycles. The molecule has 6 atom stereocenters. The molecule has 4 rings (SSSR count). The third-order valence-corrected chi connectivity index (χ3v) is 5.50. The molecule has 0 bridgehead atoms. The summed E-state index contributed by atoms with van der Waals surface area (Å²) in [6, 6.07) is -1.42. The fourth-order valence-corrected chi connectivity index (χ4v) is 4.06. The van der Waals surface area contributed by atoms with Crippen molar-refractivity contribution in [3.63, 3.8) is 0 Å². The van der Waals surface area contributed by atoms with Crippen molar-refractivity contribution in [3.05, 3.63) is 58.1 Å². The normalized spacial score (nSPS) is 32.5. The van der Waals surface area contributed by atoms with Crippen LogP contribution in [0, 0.1) is 0 Å². The summed E-state index contributed by atoms with van der Waals surface area (Å²) in [6.45, 7) is -1.66. The van der Waals surface area contributed by atoms with Crippen molar-refractivity contribution < 1.29 is 50.8 Å². The van der Waals surface area contributed by atoms with Gasteiger partial charge in [-0.05, 0) is 28.8 Å². The number of rotatable bonds is 3. The SMILES string of the molecule is [2H]c1cc([2H])c2c(c1O)C(=O)c1c(O)c([2H])c(CO)c([2H])c1C2[C@@H]1O[C@H](CO)[C@@H](O)[C@H](O)[C@H]1O. The number of fused-ring (bicyclic) bond motifs is 2. The highest BCUT2D eigenvalue weighted by molar-refractivity contribution is 6.16. The number of hydrogen-bond acceptors (Lipinski definition) is 9. The van der Waals surface area contributed by atoms with Crippen LogP contribution in [-0.2, 0) is 11.3 Å². The van der Waals surface area contributed by atoms with Crippen molar-refractivity contribution in [2.24, 2.45) is 0 Å². The minimum Gasteiger partial charge on any atom is -0.507 e. The molecule has 0 saturated carbocycles. The first-order valence-corrected chi connectivity index (χ1v) is 9.11. The van der Waals surface area contributed by atoms with Crippen molar-refractivity contribution in [2.45, 2.75) is 43.0 Å². The summed E-state index contributed by atoms with van der Waals surface area (Å²) in [5, 5.41) is 71.8. The lowest BCUT2D eigenvalue weighted by Crippen LogP contribution is -2.60. The van der Waals surface area contributed by atoms with Gasteiger partial charge >= 0.3 is 0 Å². The van der Waals surface area contributed by atoms with Crippen molar-refractivity contribution >= 4 is 5.78 Å². The lowest BCUT2D eigenvalue weighted by molar-refractivity contribution is -0.232. The number of aliphatic hydroxyl groups is 5. The second-order valence-electron chi connectivity index (χ2n) is 7.19. The van der Waals surface area contributed by atoms with Gasteiger partial charge < -0.3 is 40.5 Å². The monoisotopic (exact) mass is 422 g/mol. The summed E-state index contributed by atoms with van der Waals surface area (Å²) in [5.74, 6) is -4.38. The number of aromatic hydroxyl groups is 2. The van der Waals surface area contributed by atoms with Crippen molar-refractivity contribution in [1.82, 2.24) is 0 Å². The Bertz CT molecular complexity index is 1190. The molecule has 0 radical (unpaired) electrons. The number of phenols is 2. The number of ether oxygens (including phenoxy) is 1. The predicted octanol–water partition coefficient (Wildman–Crippen LogP) is -0.891. The number of phenolic OH excluding ortho intramolecular Hbond substituents is 2. The van der Waals surface area contributed by atoms with E-state index in [1.54, 1.807) is 0 Å². The lowest BCUT2D eigenvalue weighted by atomic mass is 9.71. The summed E-state index contributed by atoms with van der Waals surface area (Å²) in [5.41, 5.74) is -2.20. The molecule has 2 aliphatic rings. The largest absolute Gasteiger partial charge is 0.507 e. The zero-order valence-corrected chi connectivity index (χ0v) is 15.4. The smallest absolute Gasteiger partial charge is 0.201 e. The van der Waals surface area contributed by atoms with Crippen LogP contribution in [0.4, 0.5) is 0 Å². The van der Waals surface area contributed by atoms with E-state index >= 15 is 0 Å². The molecule has 1 aliphatic carbocycles.